The van der Waals surface area contributed by atoms with Gasteiger partial charge in [0.1, 0.15) is 17.2 Å². The van der Waals surface area contributed by atoms with E-state index >= 15 is 0 Å². The molecule has 0 aliphatic rings. The molecule has 0 aliphatic heterocycles. The molecule has 1 aromatic carbocycles. The third-order valence-electron chi connectivity index (χ3n) is 1.47. The Bertz CT molecular complexity index is 213. The largest absolute Gasteiger partial charge is 1.00 e. The number of methoxy groups -OCH3 is 3. The van der Waals surface area contributed by atoms with Gasteiger partial charge in [-0.2, -0.15) is 0 Å². The zero-order valence-electron chi connectivity index (χ0n) is 8.96. The van der Waals surface area contributed by atoms with Crippen LogP contribution in [0.5, 0.6) is 17.2 Å². The van der Waals surface area contributed by atoms with Crippen molar-refractivity contribution >= 4 is 9.90 Å². The van der Waals surface area contributed by atoms with Crippen LogP contribution in [0.1, 0.15) is 0 Å². The van der Waals surface area contributed by atoms with Crippen LogP contribution in [0.4, 0.5) is 0 Å². The van der Waals surface area contributed by atoms with E-state index < -0.39 is 0 Å². The molecule has 0 saturated carbocycles. The van der Waals surface area contributed by atoms with E-state index in [1.54, 1.807) is 33.5 Å². The Hall–Kier alpha value is 0.0500. The number of hydrogen-bond donors (Lipinski definition) is 0. The van der Waals surface area contributed by atoms with E-state index in [0.717, 1.165) is 0 Å². The molecule has 0 atom stereocenters. The van der Waals surface area contributed by atoms with E-state index in [9.17, 15) is 0 Å². The molecule has 14 heavy (non-hydrogen) atoms. The summed E-state index contributed by atoms with van der Waals surface area (Å²) < 4.78 is 15.0. The van der Waals surface area contributed by atoms with Gasteiger partial charge in [0.15, 0.2) is 0 Å². The maximum Gasteiger partial charge on any atom is 1.00 e. The minimum absolute atomic E-state index is 0. The summed E-state index contributed by atoms with van der Waals surface area (Å²) in [5.74, 6) is 1.90. The van der Waals surface area contributed by atoms with E-state index in [1.807, 2.05) is 0 Å². The molecule has 0 bridgehead atoms. The first kappa shape index (κ1) is 16.5. The van der Waals surface area contributed by atoms with Gasteiger partial charge in [-0.15, -0.1) is 0 Å². The van der Waals surface area contributed by atoms with Gasteiger partial charge in [0.2, 0.25) is 0 Å². The van der Waals surface area contributed by atoms with Crippen LogP contribution in [0.25, 0.3) is 0 Å². The first-order chi connectivity index (χ1) is 5.80. The van der Waals surface area contributed by atoms with Gasteiger partial charge in [-0.3, -0.25) is 0 Å². The Morgan fingerprint density at radius 3 is 1.64 bits per heavy atom. The second-order valence-electron chi connectivity index (χ2n) is 2.16. The van der Waals surface area contributed by atoms with E-state index in [0.29, 0.717) is 17.2 Å². The smallest absolute Gasteiger partial charge is 0.577 e. The quantitative estimate of drug-likeness (QED) is 0.478. The normalized spacial score (nSPS) is 7.93. The summed E-state index contributed by atoms with van der Waals surface area (Å²) in [5, 5.41) is 0. The SMILES string of the molecule is COc1[c]c(OC)cc(OC)c1.[Na+].[PH2-]. The van der Waals surface area contributed by atoms with Crippen molar-refractivity contribution in [1.29, 1.82) is 0 Å². The second kappa shape index (κ2) is 8.37. The first-order valence-corrected chi connectivity index (χ1v) is 3.49. The molecule has 0 N–H and O–H groups in total. The average molecular weight is 223 g/mol. The van der Waals surface area contributed by atoms with Gasteiger partial charge in [-0.05, 0) is 0 Å². The van der Waals surface area contributed by atoms with Crippen LogP contribution in [0, 0.1) is 6.07 Å². The third-order valence-corrected chi connectivity index (χ3v) is 1.47. The summed E-state index contributed by atoms with van der Waals surface area (Å²) in [6.45, 7) is 0. The van der Waals surface area contributed by atoms with Crippen LogP contribution >= 0.6 is 9.90 Å². The van der Waals surface area contributed by atoms with E-state index in [4.69, 9.17) is 14.2 Å². The van der Waals surface area contributed by atoms with Crippen LogP contribution < -0.4 is 43.8 Å². The molecule has 0 fully saturated rings. The fraction of sp³-hybridized carbons (Fsp3) is 0.333. The van der Waals surface area contributed by atoms with Crippen molar-refractivity contribution in [3.8, 4) is 17.2 Å². The van der Waals surface area contributed by atoms with Crippen molar-refractivity contribution in [3.63, 3.8) is 0 Å². The average Bonchev–Trinajstić information content (AvgIpc) is 2.16. The monoisotopic (exact) mass is 223 g/mol. The van der Waals surface area contributed by atoms with Crippen molar-refractivity contribution in [1.82, 2.24) is 0 Å². The minimum atomic E-state index is 0. The summed E-state index contributed by atoms with van der Waals surface area (Å²) in [6, 6.07) is 6.37. The molecule has 0 aliphatic carbocycles. The van der Waals surface area contributed by atoms with E-state index in [2.05, 4.69) is 6.07 Å². The van der Waals surface area contributed by atoms with Crippen molar-refractivity contribution in [2.24, 2.45) is 0 Å². The summed E-state index contributed by atoms with van der Waals surface area (Å²) in [7, 11) is 4.74. The fourth-order valence-corrected chi connectivity index (χ4v) is 0.831. The van der Waals surface area contributed by atoms with Gasteiger partial charge in [0.25, 0.3) is 0 Å². The Morgan fingerprint density at radius 2 is 1.36 bits per heavy atom. The van der Waals surface area contributed by atoms with Crippen molar-refractivity contribution in [2.75, 3.05) is 21.3 Å². The molecule has 1 aromatic rings. The van der Waals surface area contributed by atoms with Crippen LogP contribution in [0.15, 0.2) is 12.1 Å². The zero-order valence-corrected chi connectivity index (χ0v) is 12.1. The molecule has 5 heteroatoms. The summed E-state index contributed by atoms with van der Waals surface area (Å²) in [6.07, 6.45) is 0. The summed E-state index contributed by atoms with van der Waals surface area (Å²) in [5.41, 5.74) is 0. The molecule has 0 aromatic heterocycles. The number of benzene rings is 1. The third kappa shape index (κ3) is 4.52. The predicted octanol–water partition coefficient (Wildman–Crippen LogP) is -1.16. The molecular weight excluding hydrogens is 210 g/mol. The molecule has 0 saturated heterocycles. The van der Waals surface area contributed by atoms with Gasteiger partial charge < -0.3 is 24.1 Å². The van der Waals surface area contributed by atoms with Crippen molar-refractivity contribution in [3.05, 3.63) is 18.2 Å². The molecule has 0 unspecified atom stereocenters. The maximum absolute atomic E-state index is 5.02. The van der Waals surface area contributed by atoms with Crippen LogP contribution in [-0.4, -0.2) is 21.3 Å². The van der Waals surface area contributed by atoms with Gasteiger partial charge in [0, 0.05) is 12.1 Å². The molecule has 73 valence electrons. The Labute approximate surface area is 110 Å². The topological polar surface area (TPSA) is 27.7 Å². The fourth-order valence-electron chi connectivity index (χ4n) is 0.831. The van der Waals surface area contributed by atoms with Crippen molar-refractivity contribution < 1.29 is 43.8 Å². The molecule has 0 amide bonds. The summed E-state index contributed by atoms with van der Waals surface area (Å²) >= 11 is 0. The van der Waals surface area contributed by atoms with Gasteiger partial charge in [-0.25, -0.2) is 0 Å². The Balaban J connectivity index is 0. The molecule has 0 spiro atoms. The van der Waals surface area contributed by atoms with E-state index in [1.165, 1.54) is 0 Å². The number of hydrogen-bond acceptors (Lipinski definition) is 3. The number of rotatable bonds is 3. The van der Waals surface area contributed by atoms with E-state index in [-0.39, 0.29) is 39.5 Å². The first-order valence-electron chi connectivity index (χ1n) is 3.49. The number of ether oxygens (including phenoxy) is 3. The minimum Gasteiger partial charge on any atom is -0.577 e. The van der Waals surface area contributed by atoms with Crippen LogP contribution in [0.3, 0.4) is 0 Å². The molecule has 1 rings (SSSR count). The zero-order chi connectivity index (χ0) is 8.97. The maximum atomic E-state index is 5.02. The predicted molar refractivity (Wildman–Crippen MR) is 54.6 cm³/mol. The standard InChI is InChI=1S/C9H11O3.Na.H2P/c1-10-7-4-8(11-2)6-9(5-7)12-3;;/h4-5H,1-3H3;;1H2/q;+1;-1. The van der Waals surface area contributed by atoms with Crippen LogP contribution in [0.2, 0.25) is 0 Å². The Kier molecular flexibility index (Phi) is 9.85. The molecular formula is C9H13NaO3P. The van der Waals surface area contributed by atoms with Crippen LogP contribution in [-0.2, 0) is 0 Å². The Morgan fingerprint density at radius 1 is 0.929 bits per heavy atom. The summed E-state index contributed by atoms with van der Waals surface area (Å²) in [4.78, 5) is 0. The second-order valence-corrected chi connectivity index (χ2v) is 2.16. The van der Waals surface area contributed by atoms with Crippen molar-refractivity contribution in [2.45, 2.75) is 0 Å². The molecule has 0 heterocycles. The van der Waals surface area contributed by atoms with Gasteiger partial charge in [0.05, 0.1) is 27.4 Å². The van der Waals surface area contributed by atoms with Gasteiger partial charge >= 0.3 is 29.6 Å². The van der Waals surface area contributed by atoms with Gasteiger partial charge in [-0.1, -0.05) is 0 Å². The molecule has 3 nitrogen and oxygen atoms in total. The molecule has 1 radical (unpaired) electrons.